The standard InChI is InChI=1S/C22H25N3O4/c1-12-9-13(2)19(14(3)10-12)24-18-11-16(23-22(26)25-18)15-7-8-17(27-4)21(29-6)20(15)28-5/h7-11H,1-6H3,(H2,23,24,25,26). The molecule has 1 aromatic heterocycles. The Balaban J connectivity index is 2.23. The Morgan fingerprint density at radius 1 is 0.828 bits per heavy atom. The summed E-state index contributed by atoms with van der Waals surface area (Å²) in [6.07, 6.45) is 0. The molecule has 7 heteroatoms. The summed E-state index contributed by atoms with van der Waals surface area (Å²) in [5.41, 5.74) is 5.36. The number of rotatable bonds is 5. The van der Waals surface area contributed by atoms with Crippen LogP contribution in [0.3, 0.4) is 0 Å². The van der Waals surface area contributed by atoms with E-state index in [1.54, 1.807) is 25.3 Å². The average molecular weight is 395 g/mol. The van der Waals surface area contributed by atoms with Gasteiger partial charge in [0.25, 0.3) is 0 Å². The largest absolute Gasteiger partial charge is 0.493 e. The molecule has 0 atom stereocenters. The van der Waals surface area contributed by atoms with E-state index in [0.717, 1.165) is 16.8 Å². The van der Waals surface area contributed by atoms with Crippen LogP contribution in [0.2, 0.25) is 0 Å². The fourth-order valence-corrected chi connectivity index (χ4v) is 3.47. The Morgan fingerprint density at radius 2 is 1.48 bits per heavy atom. The van der Waals surface area contributed by atoms with Gasteiger partial charge in [0.2, 0.25) is 5.75 Å². The fourth-order valence-electron chi connectivity index (χ4n) is 3.47. The van der Waals surface area contributed by atoms with E-state index >= 15 is 0 Å². The molecule has 0 aliphatic carbocycles. The SMILES string of the molecule is COc1ccc(-c2cc(=Nc3c(C)cc(C)cc3C)[nH]c(=O)[nH]2)c(OC)c1OC. The summed E-state index contributed by atoms with van der Waals surface area (Å²) in [6.45, 7) is 6.05. The van der Waals surface area contributed by atoms with Crippen LogP contribution in [0.1, 0.15) is 16.7 Å². The molecule has 0 radical (unpaired) electrons. The van der Waals surface area contributed by atoms with Crippen LogP contribution in [0.15, 0.2) is 40.1 Å². The second kappa shape index (κ2) is 8.26. The highest BCUT2D eigenvalue weighted by Crippen LogP contribution is 2.43. The number of benzene rings is 2. The number of ether oxygens (including phenoxy) is 3. The van der Waals surface area contributed by atoms with E-state index in [4.69, 9.17) is 14.2 Å². The lowest BCUT2D eigenvalue weighted by molar-refractivity contribution is 0.325. The van der Waals surface area contributed by atoms with Crippen molar-refractivity contribution in [2.45, 2.75) is 20.8 Å². The zero-order valence-electron chi connectivity index (χ0n) is 17.5. The van der Waals surface area contributed by atoms with Crippen LogP contribution in [0.5, 0.6) is 17.2 Å². The highest BCUT2D eigenvalue weighted by atomic mass is 16.5. The molecule has 0 bridgehead atoms. The fraction of sp³-hybridized carbons (Fsp3) is 0.273. The molecule has 0 saturated carbocycles. The molecule has 3 rings (SSSR count). The van der Waals surface area contributed by atoms with E-state index in [2.05, 4.69) is 27.1 Å². The number of H-pyrrole nitrogens is 2. The molecule has 0 fully saturated rings. The molecule has 2 N–H and O–H groups in total. The topological polar surface area (TPSA) is 88.7 Å². The number of hydrogen-bond acceptors (Lipinski definition) is 5. The number of nitrogens with zero attached hydrogens (tertiary/aromatic N) is 1. The Labute approximate surface area is 169 Å². The summed E-state index contributed by atoms with van der Waals surface area (Å²) in [6, 6.07) is 9.47. The van der Waals surface area contributed by atoms with Crippen molar-refractivity contribution in [1.82, 2.24) is 9.97 Å². The average Bonchev–Trinajstić information content (AvgIpc) is 2.68. The van der Waals surface area contributed by atoms with Crippen molar-refractivity contribution in [3.05, 3.63) is 63.0 Å². The first-order chi connectivity index (χ1) is 13.9. The highest BCUT2D eigenvalue weighted by Gasteiger charge is 2.17. The van der Waals surface area contributed by atoms with E-state index in [-0.39, 0.29) is 5.69 Å². The number of aromatic amines is 2. The molecule has 2 aromatic carbocycles. The van der Waals surface area contributed by atoms with Gasteiger partial charge in [-0.3, -0.25) is 4.98 Å². The molecule has 3 aromatic rings. The molecule has 29 heavy (non-hydrogen) atoms. The number of nitrogens with one attached hydrogen (secondary N) is 2. The molecular weight excluding hydrogens is 370 g/mol. The molecule has 0 aliphatic heterocycles. The molecular formula is C22H25N3O4. The number of hydrogen-bond donors (Lipinski definition) is 2. The zero-order valence-corrected chi connectivity index (χ0v) is 17.5. The molecule has 152 valence electrons. The smallest absolute Gasteiger partial charge is 0.324 e. The van der Waals surface area contributed by atoms with E-state index in [1.165, 1.54) is 19.8 Å². The van der Waals surface area contributed by atoms with E-state index in [9.17, 15) is 4.79 Å². The summed E-state index contributed by atoms with van der Waals surface area (Å²) in [5, 5.41) is 0. The summed E-state index contributed by atoms with van der Waals surface area (Å²) in [4.78, 5) is 22.5. The van der Waals surface area contributed by atoms with Crippen molar-refractivity contribution in [3.63, 3.8) is 0 Å². The summed E-state index contributed by atoms with van der Waals surface area (Å²) in [7, 11) is 4.63. The van der Waals surface area contributed by atoms with E-state index in [1.807, 2.05) is 20.8 Å². The minimum atomic E-state index is -0.375. The molecule has 0 spiro atoms. The van der Waals surface area contributed by atoms with Crippen molar-refractivity contribution in [2.24, 2.45) is 4.99 Å². The molecule has 0 saturated heterocycles. The van der Waals surface area contributed by atoms with Gasteiger partial charge >= 0.3 is 5.69 Å². The van der Waals surface area contributed by atoms with E-state index in [0.29, 0.717) is 34.0 Å². The van der Waals surface area contributed by atoms with Gasteiger partial charge in [0.1, 0.15) is 5.49 Å². The van der Waals surface area contributed by atoms with Gasteiger partial charge < -0.3 is 19.2 Å². The van der Waals surface area contributed by atoms with Crippen molar-refractivity contribution < 1.29 is 14.2 Å². The number of methoxy groups -OCH3 is 3. The van der Waals surface area contributed by atoms with Gasteiger partial charge in [0.05, 0.1) is 32.7 Å². The molecule has 7 nitrogen and oxygen atoms in total. The third-order valence-corrected chi connectivity index (χ3v) is 4.63. The first-order valence-corrected chi connectivity index (χ1v) is 9.13. The summed E-state index contributed by atoms with van der Waals surface area (Å²) in [5.74, 6) is 1.45. The summed E-state index contributed by atoms with van der Waals surface area (Å²) < 4.78 is 16.3. The summed E-state index contributed by atoms with van der Waals surface area (Å²) >= 11 is 0. The number of aryl methyl sites for hydroxylation is 3. The van der Waals surface area contributed by atoms with Crippen molar-refractivity contribution >= 4 is 5.69 Å². The lowest BCUT2D eigenvalue weighted by atomic mass is 10.1. The van der Waals surface area contributed by atoms with Crippen LogP contribution >= 0.6 is 0 Å². The number of aromatic nitrogens is 2. The van der Waals surface area contributed by atoms with Crippen molar-refractivity contribution in [3.8, 4) is 28.5 Å². The van der Waals surface area contributed by atoms with Crippen LogP contribution in [0, 0.1) is 20.8 Å². The van der Waals surface area contributed by atoms with Gasteiger partial charge in [0.15, 0.2) is 11.5 Å². The third kappa shape index (κ3) is 4.03. The Hall–Kier alpha value is -3.48. The van der Waals surface area contributed by atoms with Crippen molar-refractivity contribution in [2.75, 3.05) is 21.3 Å². The van der Waals surface area contributed by atoms with Gasteiger partial charge in [0, 0.05) is 11.6 Å². The van der Waals surface area contributed by atoms with E-state index < -0.39 is 0 Å². The van der Waals surface area contributed by atoms with Gasteiger partial charge in [-0.1, -0.05) is 17.7 Å². The minimum absolute atomic E-state index is 0.375. The van der Waals surface area contributed by atoms with Crippen LogP contribution in [-0.2, 0) is 0 Å². The third-order valence-electron chi connectivity index (χ3n) is 4.63. The Morgan fingerprint density at radius 3 is 2.07 bits per heavy atom. The molecule has 0 aliphatic rings. The predicted molar refractivity (Wildman–Crippen MR) is 112 cm³/mol. The maximum absolute atomic E-state index is 12.3. The van der Waals surface area contributed by atoms with Gasteiger partial charge in [-0.25, -0.2) is 9.79 Å². The Bertz CT molecular complexity index is 1150. The molecule has 1 heterocycles. The zero-order chi connectivity index (χ0) is 21.1. The van der Waals surface area contributed by atoms with Gasteiger partial charge in [-0.15, -0.1) is 0 Å². The predicted octanol–water partition coefficient (Wildman–Crippen LogP) is 3.55. The second-order valence-electron chi connectivity index (χ2n) is 6.76. The van der Waals surface area contributed by atoms with Gasteiger partial charge in [-0.05, 0) is 44.0 Å². The Kier molecular flexibility index (Phi) is 5.77. The molecule has 0 amide bonds. The quantitative estimate of drug-likeness (QED) is 0.691. The minimum Gasteiger partial charge on any atom is -0.493 e. The second-order valence-corrected chi connectivity index (χ2v) is 6.76. The maximum Gasteiger partial charge on any atom is 0.324 e. The monoisotopic (exact) mass is 395 g/mol. The molecule has 0 unspecified atom stereocenters. The first kappa shape index (κ1) is 20.3. The normalized spacial score (nSPS) is 11.4. The van der Waals surface area contributed by atoms with Crippen LogP contribution in [-0.4, -0.2) is 31.3 Å². The van der Waals surface area contributed by atoms with Crippen molar-refractivity contribution in [1.29, 1.82) is 0 Å². The first-order valence-electron chi connectivity index (χ1n) is 9.13. The highest BCUT2D eigenvalue weighted by molar-refractivity contribution is 5.73. The van der Waals surface area contributed by atoms with Crippen LogP contribution in [0.25, 0.3) is 11.3 Å². The van der Waals surface area contributed by atoms with Crippen LogP contribution in [0.4, 0.5) is 5.69 Å². The van der Waals surface area contributed by atoms with Crippen LogP contribution < -0.4 is 25.4 Å². The lowest BCUT2D eigenvalue weighted by Crippen LogP contribution is -2.23. The lowest BCUT2D eigenvalue weighted by Gasteiger charge is -2.15. The van der Waals surface area contributed by atoms with Gasteiger partial charge in [-0.2, -0.15) is 0 Å². The maximum atomic E-state index is 12.3.